The normalized spacial score (nSPS) is 9.62. The predicted molar refractivity (Wildman–Crippen MR) is 53.4 cm³/mol. The van der Waals surface area contributed by atoms with E-state index in [4.69, 9.17) is 5.73 Å². The van der Waals surface area contributed by atoms with E-state index in [1.165, 1.54) is 12.1 Å². The van der Waals surface area contributed by atoms with E-state index in [1.54, 1.807) is 18.3 Å². The highest BCUT2D eigenvalue weighted by atomic mass is 35.5. The lowest BCUT2D eigenvalue weighted by atomic mass is 10.2. The van der Waals surface area contributed by atoms with Crippen molar-refractivity contribution in [3.8, 4) is 0 Å². The van der Waals surface area contributed by atoms with E-state index in [0.717, 1.165) is 0 Å². The highest BCUT2D eigenvalue weighted by Crippen LogP contribution is 2.20. The molecule has 1 aromatic carbocycles. The van der Waals surface area contributed by atoms with Crippen molar-refractivity contribution in [3.63, 3.8) is 0 Å². The van der Waals surface area contributed by atoms with Crippen LogP contribution in [-0.2, 0) is 0 Å². The monoisotopic (exact) mass is 198 g/mol. The van der Waals surface area contributed by atoms with Crippen LogP contribution in [0, 0.1) is 5.82 Å². The van der Waals surface area contributed by atoms with Crippen LogP contribution in [0.2, 0.25) is 0 Å². The number of aromatic nitrogens is 1. The molecule has 0 aliphatic carbocycles. The molecule has 2 nitrogen and oxygen atoms in total. The molecule has 4 heteroatoms. The first-order chi connectivity index (χ1) is 5.79. The second kappa shape index (κ2) is 3.58. The molecule has 13 heavy (non-hydrogen) atoms. The first-order valence-corrected chi connectivity index (χ1v) is 3.58. The molecule has 2 N–H and O–H groups in total. The average molecular weight is 199 g/mol. The number of halogens is 2. The quantitative estimate of drug-likeness (QED) is 0.661. The molecule has 0 aliphatic heterocycles. The predicted octanol–water partition coefficient (Wildman–Crippen LogP) is 2.38. The number of hydrogen-bond acceptors (Lipinski definition) is 2. The fraction of sp³-hybridized carbons (Fsp3) is 0. The Morgan fingerprint density at radius 1 is 1.23 bits per heavy atom. The summed E-state index contributed by atoms with van der Waals surface area (Å²) in [7, 11) is 0. The fourth-order valence-electron chi connectivity index (χ4n) is 1.16. The van der Waals surface area contributed by atoms with E-state index in [9.17, 15) is 4.39 Å². The summed E-state index contributed by atoms with van der Waals surface area (Å²) in [4.78, 5) is 3.98. The SMILES string of the molecule is Cl.Nc1ccc(F)c2cccnc12. The summed E-state index contributed by atoms with van der Waals surface area (Å²) < 4.78 is 13.1. The van der Waals surface area contributed by atoms with Gasteiger partial charge in [-0.05, 0) is 24.3 Å². The third kappa shape index (κ3) is 1.55. The molecule has 0 fully saturated rings. The molecular weight excluding hydrogens is 191 g/mol. The van der Waals surface area contributed by atoms with Crippen molar-refractivity contribution >= 4 is 29.0 Å². The van der Waals surface area contributed by atoms with Gasteiger partial charge in [0.1, 0.15) is 5.82 Å². The minimum Gasteiger partial charge on any atom is -0.397 e. The van der Waals surface area contributed by atoms with Gasteiger partial charge in [0.2, 0.25) is 0 Å². The van der Waals surface area contributed by atoms with Crippen molar-refractivity contribution in [1.82, 2.24) is 4.98 Å². The summed E-state index contributed by atoms with van der Waals surface area (Å²) in [6.07, 6.45) is 1.60. The molecule has 1 heterocycles. The molecule has 2 aromatic rings. The highest BCUT2D eigenvalue weighted by Gasteiger charge is 2.02. The topological polar surface area (TPSA) is 38.9 Å². The number of nitrogens with zero attached hydrogens (tertiary/aromatic N) is 1. The summed E-state index contributed by atoms with van der Waals surface area (Å²) >= 11 is 0. The maximum Gasteiger partial charge on any atom is 0.132 e. The molecule has 0 saturated carbocycles. The van der Waals surface area contributed by atoms with Gasteiger partial charge in [0.05, 0.1) is 11.2 Å². The van der Waals surface area contributed by atoms with Gasteiger partial charge in [-0.2, -0.15) is 0 Å². The van der Waals surface area contributed by atoms with E-state index >= 15 is 0 Å². The van der Waals surface area contributed by atoms with Gasteiger partial charge in [0, 0.05) is 11.6 Å². The summed E-state index contributed by atoms with van der Waals surface area (Å²) in [5.41, 5.74) is 6.63. The molecule has 0 atom stereocenters. The maximum atomic E-state index is 13.1. The number of fused-ring (bicyclic) bond motifs is 1. The molecule has 0 saturated heterocycles. The number of anilines is 1. The Morgan fingerprint density at radius 2 is 2.00 bits per heavy atom. The smallest absolute Gasteiger partial charge is 0.132 e. The first kappa shape index (κ1) is 9.74. The van der Waals surface area contributed by atoms with Crippen molar-refractivity contribution in [2.24, 2.45) is 0 Å². The molecule has 0 aliphatic rings. The Kier molecular flexibility index (Phi) is 2.68. The zero-order valence-corrected chi connectivity index (χ0v) is 7.51. The van der Waals surface area contributed by atoms with Crippen molar-refractivity contribution in [2.75, 3.05) is 5.73 Å². The van der Waals surface area contributed by atoms with Crippen molar-refractivity contribution in [2.45, 2.75) is 0 Å². The molecule has 2 rings (SSSR count). The Bertz CT molecular complexity index is 390. The average Bonchev–Trinajstić information content (AvgIpc) is 2.12. The van der Waals surface area contributed by atoms with Crippen LogP contribution in [0.5, 0.6) is 0 Å². The molecular formula is C9H8ClFN2. The molecule has 0 radical (unpaired) electrons. The zero-order valence-electron chi connectivity index (χ0n) is 6.70. The standard InChI is InChI=1S/C9H7FN2.ClH/c10-7-3-4-8(11)9-6(7)2-1-5-12-9;/h1-5H,11H2;1H. The van der Waals surface area contributed by atoms with Gasteiger partial charge in [0.15, 0.2) is 0 Å². The van der Waals surface area contributed by atoms with Crippen molar-refractivity contribution < 1.29 is 4.39 Å². The molecule has 0 spiro atoms. The molecule has 0 unspecified atom stereocenters. The Balaban J connectivity index is 0.000000845. The molecule has 68 valence electrons. The van der Waals surface area contributed by atoms with Crippen molar-refractivity contribution in [3.05, 3.63) is 36.3 Å². The lowest BCUT2D eigenvalue weighted by Crippen LogP contribution is -1.90. The number of pyridine rings is 1. The van der Waals surface area contributed by atoms with Gasteiger partial charge in [0.25, 0.3) is 0 Å². The third-order valence-electron chi connectivity index (χ3n) is 1.75. The van der Waals surface area contributed by atoms with Crippen LogP contribution in [0.3, 0.4) is 0 Å². The van der Waals surface area contributed by atoms with Gasteiger partial charge < -0.3 is 5.73 Å². The Morgan fingerprint density at radius 3 is 2.69 bits per heavy atom. The van der Waals surface area contributed by atoms with E-state index < -0.39 is 0 Å². The summed E-state index contributed by atoms with van der Waals surface area (Å²) in [5, 5.41) is 0.470. The Hall–Kier alpha value is -1.35. The Labute approximate surface area is 81.0 Å². The summed E-state index contributed by atoms with van der Waals surface area (Å²) in [6.45, 7) is 0. The second-order valence-electron chi connectivity index (χ2n) is 2.54. The largest absolute Gasteiger partial charge is 0.397 e. The number of benzene rings is 1. The molecule has 1 aromatic heterocycles. The number of rotatable bonds is 0. The van der Waals surface area contributed by atoms with Crippen LogP contribution in [0.4, 0.5) is 10.1 Å². The van der Waals surface area contributed by atoms with Gasteiger partial charge >= 0.3 is 0 Å². The first-order valence-electron chi connectivity index (χ1n) is 3.58. The highest BCUT2D eigenvalue weighted by molar-refractivity contribution is 5.89. The summed E-state index contributed by atoms with van der Waals surface area (Å²) in [6, 6.07) is 6.21. The minimum atomic E-state index is -0.285. The number of nitrogens with two attached hydrogens (primary N) is 1. The van der Waals surface area contributed by atoms with Crippen LogP contribution in [0.1, 0.15) is 0 Å². The number of nitrogen functional groups attached to an aromatic ring is 1. The fourth-order valence-corrected chi connectivity index (χ4v) is 1.16. The van der Waals surface area contributed by atoms with Crippen LogP contribution in [-0.4, -0.2) is 4.98 Å². The summed E-state index contributed by atoms with van der Waals surface area (Å²) in [5.74, 6) is -0.285. The third-order valence-corrected chi connectivity index (χ3v) is 1.75. The van der Waals surface area contributed by atoms with Crippen LogP contribution in [0.25, 0.3) is 10.9 Å². The molecule has 0 amide bonds. The van der Waals surface area contributed by atoms with E-state index in [2.05, 4.69) is 4.98 Å². The van der Waals surface area contributed by atoms with Crippen LogP contribution >= 0.6 is 12.4 Å². The van der Waals surface area contributed by atoms with Crippen LogP contribution in [0.15, 0.2) is 30.5 Å². The van der Waals surface area contributed by atoms with E-state index in [0.29, 0.717) is 16.6 Å². The van der Waals surface area contributed by atoms with Gasteiger partial charge in [-0.3, -0.25) is 4.98 Å². The van der Waals surface area contributed by atoms with Gasteiger partial charge in [-0.25, -0.2) is 4.39 Å². The number of hydrogen-bond donors (Lipinski definition) is 1. The maximum absolute atomic E-state index is 13.1. The van der Waals surface area contributed by atoms with Crippen LogP contribution < -0.4 is 5.73 Å². The van der Waals surface area contributed by atoms with Gasteiger partial charge in [-0.15, -0.1) is 12.4 Å². The second-order valence-corrected chi connectivity index (χ2v) is 2.54. The lowest BCUT2D eigenvalue weighted by molar-refractivity contribution is 0.639. The zero-order chi connectivity index (χ0) is 8.55. The van der Waals surface area contributed by atoms with E-state index in [1.807, 2.05) is 0 Å². The molecule has 0 bridgehead atoms. The van der Waals surface area contributed by atoms with Gasteiger partial charge in [-0.1, -0.05) is 0 Å². The van der Waals surface area contributed by atoms with E-state index in [-0.39, 0.29) is 18.2 Å². The minimum absolute atomic E-state index is 0. The lowest BCUT2D eigenvalue weighted by Gasteiger charge is -2.00. The van der Waals surface area contributed by atoms with Crippen molar-refractivity contribution in [1.29, 1.82) is 0 Å².